The van der Waals surface area contributed by atoms with E-state index in [0.717, 1.165) is 15.9 Å². The topological polar surface area (TPSA) is 81.0 Å². The molecule has 0 amide bonds. The largest absolute Gasteiger partial charge is 0.492 e. The van der Waals surface area contributed by atoms with Gasteiger partial charge in [-0.1, -0.05) is 11.6 Å². The van der Waals surface area contributed by atoms with Crippen molar-refractivity contribution in [1.82, 2.24) is 4.68 Å². The second-order valence-electron chi connectivity index (χ2n) is 7.83. The molecule has 1 aliphatic heterocycles. The van der Waals surface area contributed by atoms with Gasteiger partial charge in [0.25, 0.3) is 6.43 Å². The smallest absolute Gasteiger partial charge is 0.341 e. The molecule has 0 saturated carbocycles. The van der Waals surface area contributed by atoms with E-state index >= 15 is 4.39 Å². The van der Waals surface area contributed by atoms with Crippen LogP contribution in [-0.2, 0) is 11.3 Å². The van der Waals surface area contributed by atoms with Crippen LogP contribution in [0.15, 0.2) is 23.1 Å². The number of carboxylic acid groups (broad SMARTS) is 1. The number of aromatic nitrogens is 1. The minimum atomic E-state index is -2.87. The molecule has 3 rings (SSSR count). The molecule has 1 aromatic carbocycles. The number of pyridine rings is 1. The number of benzene rings is 1. The number of methoxy groups -OCH3 is 1. The summed E-state index contributed by atoms with van der Waals surface area (Å²) in [4.78, 5) is 23.8. The molecule has 2 heterocycles. The highest BCUT2D eigenvalue weighted by molar-refractivity contribution is 6.32. The Morgan fingerprint density at radius 1 is 1.31 bits per heavy atom. The standard InChI is InChI=1S/C21H22ClF3N2O5/c1-21(2,20(24)25)27-9-11-7-15(32-6-4-5-31-3)14(22)8-12(11)17-16(23)18(28)13(19(29)30)10-26(17)27/h7-8,10,20H,4-6,9H2,1-3H3,(H,29,30). The molecule has 0 spiro atoms. The lowest BCUT2D eigenvalue weighted by Gasteiger charge is -2.45. The highest BCUT2D eigenvalue weighted by atomic mass is 35.5. The first kappa shape index (κ1) is 23.9. The van der Waals surface area contributed by atoms with Crippen LogP contribution in [0.25, 0.3) is 11.3 Å². The Morgan fingerprint density at radius 2 is 2.00 bits per heavy atom. The van der Waals surface area contributed by atoms with Crippen molar-refractivity contribution in [1.29, 1.82) is 0 Å². The van der Waals surface area contributed by atoms with Crippen molar-refractivity contribution in [3.63, 3.8) is 0 Å². The van der Waals surface area contributed by atoms with Gasteiger partial charge in [0.15, 0.2) is 5.82 Å². The molecule has 32 heavy (non-hydrogen) atoms. The first-order valence-corrected chi connectivity index (χ1v) is 10.1. The Morgan fingerprint density at radius 3 is 2.59 bits per heavy atom. The number of ether oxygens (including phenoxy) is 2. The fourth-order valence-electron chi connectivity index (χ4n) is 3.43. The summed E-state index contributed by atoms with van der Waals surface area (Å²) in [5, 5.41) is 10.5. The molecule has 7 nitrogen and oxygen atoms in total. The summed E-state index contributed by atoms with van der Waals surface area (Å²) >= 11 is 6.30. The molecule has 0 atom stereocenters. The monoisotopic (exact) mass is 474 g/mol. The van der Waals surface area contributed by atoms with E-state index in [-0.39, 0.29) is 35.2 Å². The summed E-state index contributed by atoms with van der Waals surface area (Å²) in [6, 6.07) is 2.89. The third-order valence-electron chi connectivity index (χ3n) is 5.31. The highest BCUT2D eigenvalue weighted by Gasteiger charge is 2.41. The highest BCUT2D eigenvalue weighted by Crippen LogP contribution is 2.40. The minimum Gasteiger partial charge on any atom is -0.492 e. The molecule has 1 N–H and O–H groups in total. The molecular formula is C21H22ClF3N2O5. The lowest BCUT2D eigenvalue weighted by Crippen LogP contribution is -2.57. The molecular weight excluding hydrogens is 453 g/mol. The SMILES string of the molecule is COCCCOc1cc2c(cc1Cl)-c1c(F)c(=O)c(C(=O)O)cn1N(C(C)(C)C(F)F)C2. The van der Waals surface area contributed by atoms with Gasteiger partial charge in [0.05, 0.1) is 18.2 Å². The molecule has 0 unspecified atom stereocenters. The van der Waals surface area contributed by atoms with Crippen LogP contribution in [0.4, 0.5) is 13.2 Å². The maximum Gasteiger partial charge on any atom is 0.341 e. The zero-order chi connectivity index (χ0) is 23.8. The predicted molar refractivity (Wildman–Crippen MR) is 112 cm³/mol. The molecule has 174 valence electrons. The molecule has 1 aliphatic rings. The van der Waals surface area contributed by atoms with Crippen LogP contribution in [0.2, 0.25) is 5.02 Å². The van der Waals surface area contributed by atoms with Gasteiger partial charge >= 0.3 is 5.97 Å². The normalized spacial score (nSPS) is 13.2. The molecule has 0 aliphatic carbocycles. The van der Waals surface area contributed by atoms with E-state index in [1.165, 1.54) is 26.0 Å². The predicted octanol–water partition coefficient (Wildman–Crippen LogP) is 3.92. The number of rotatable bonds is 8. The van der Waals surface area contributed by atoms with Gasteiger partial charge in [-0.3, -0.25) is 14.5 Å². The van der Waals surface area contributed by atoms with Crippen molar-refractivity contribution in [3.05, 3.63) is 50.5 Å². The van der Waals surface area contributed by atoms with E-state index in [2.05, 4.69) is 0 Å². The number of aromatic carboxylic acids is 1. The van der Waals surface area contributed by atoms with Crippen LogP contribution in [-0.4, -0.2) is 48.0 Å². The number of hydrogen-bond acceptors (Lipinski definition) is 5. The van der Waals surface area contributed by atoms with Gasteiger partial charge < -0.3 is 14.6 Å². The van der Waals surface area contributed by atoms with Crippen molar-refractivity contribution < 1.29 is 32.5 Å². The third kappa shape index (κ3) is 4.16. The van der Waals surface area contributed by atoms with Crippen LogP contribution in [0.5, 0.6) is 5.75 Å². The Hall–Kier alpha value is -2.72. The average molecular weight is 475 g/mol. The van der Waals surface area contributed by atoms with Gasteiger partial charge in [0.1, 0.15) is 22.5 Å². The van der Waals surface area contributed by atoms with Crippen LogP contribution < -0.4 is 15.2 Å². The number of carboxylic acids is 1. The van der Waals surface area contributed by atoms with Crippen molar-refractivity contribution in [3.8, 4) is 17.0 Å². The summed E-state index contributed by atoms with van der Waals surface area (Å²) in [6.07, 6.45) is -1.43. The second kappa shape index (κ2) is 9.03. The van der Waals surface area contributed by atoms with Crippen LogP contribution in [0, 0.1) is 5.82 Å². The van der Waals surface area contributed by atoms with Crippen molar-refractivity contribution >= 4 is 17.6 Å². The molecule has 2 aromatic rings. The summed E-state index contributed by atoms with van der Waals surface area (Å²) < 4.78 is 54.5. The van der Waals surface area contributed by atoms with Gasteiger partial charge in [-0.2, -0.15) is 0 Å². The Kier molecular flexibility index (Phi) is 6.75. The molecule has 1 aromatic heterocycles. The Balaban J connectivity index is 2.21. The summed E-state index contributed by atoms with van der Waals surface area (Å²) in [6.45, 7) is 3.09. The molecule has 0 radical (unpaired) electrons. The summed E-state index contributed by atoms with van der Waals surface area (Å²) in [5.74, 6) is -2.76. The Bertz CT molecular complexity index is 1100. The molecule has 11 heteroatoms. The zero-order valence-corrected chi connectivity index (χ0v) is 18.4. The van der Waals surface area contributed by atoms with E-state index < -0.39 is 34.7 Å². The quantitative estimate of drug-likeness (QED) is 0.584. The number of fused-ring (bicyclic) bond motifs is 3. The number of carbonyl (C=O) groups is 1. The van der Waals surface area contributed by atoms with E-state index in [4.69, 9.17) is 21.1 Å². The Labute approximate surface area is 186 Å². The molecule has 0 bridgehead atoms. The fraction of sp³-hybridized carbons (Fsp3) is 0.429. The lowest BCUT2D eigenvalue weighted by atomic mass is 9.96. The summed E-state index contributed by atoms with van der Waals surface area (Å²) in [7, 11) is 1.55. The minimum absolute atomic E-state index is 0.128. The third-order valence-corrected chi connectivity index (χ3v) is 5.60. The summed E-state index contributed by atoms with van der Waals surface area (Å²) in [5.41, 5.74) is -3.81. The maximum absolute atomic E-state index is 15.2. The number of halogens is 4. The van der Waals surface area contributed by atoms with Crippen LogP contribution in [0.1, 0.15) is 36.2 Å². The zero-order valence-electron chi connectivity index (χ0n) is 17.6. The maximum atomic E-state index is 15.2. The van der Waals surface area contributed by atoms with Gasteiger partial charge in [0.2, 0.25) is 5.43 Å². The van der Waals surface area contributed by atoms with Gasteiger partial charge in [-0.05, 0) is 31.5 Å². The number of nitrogens with zero attached hydrogens (tertiary/aromatic N) is 2. The van der Waals surface area contributed by atoms with E-state index in [1.807, 2.05) is 0 Å². The molecule has 0 fully saturated rings. The van der Waals surface area contributed by atoms with Gasteiger partial charge in [0, 0.05) is 31.9 Å². The second-order valence-corrected chi connectivity index (χ2v) is 8.24. The first-order chi connectivity index (χ1) is 15.0. The average Bonchev–Trinajstić information content (AvgIpc) is 2.72. The lowest BCUT2D eigenvalue weighted by molar-refractivity contribution is 0.0532. The van der Waals surface area contributed by atoms with Crippen molar-refractivity contribution in [2.24, 2.45) is 0 Å². The number of alkyl halides is 2. The fourth-order valence-corrected chi connectivity index (χ4v) is 3.65. The van der Waals surface area contributed by atoms with E-state index in [0.29, 0.717) is 18.6 Å². The number of hydrogen-bond donors (Lipinski definition) is 1. The van der Waals surface area contributed by atoms with E-state index in [1.54, 1.807) is 7.11 Å². The molecule has 0 saturated heterocycles. The van der Waals surface area contributed by atoms with Crippen LogP contribution in [0.3, 0.4) is 0 Å². The van der Waals surface area contributed by atoms with Gasteiger partial charge in [-0.15, -0.1) is 0 Å². The van der Waals surface area contributed by atoms with Crippen LogP contribution >= 0.6 is 11.6 Å². The van der Waals surface area contributed by atoms with Crippen molar-refractivity contribution in [2.45, 2.75) is 38.8 Å². The van der Waals surface area contributed by atoms with E-state index in [9.17, 15) is 23.5 Å². The first-order valence-electron chi connectivity index (χ1n) is 9.69. The van der Waals surface area contributed by atoms with Gasteiger partial charge in [-0.25, -0.2) is 18.0 Å². The van der Waals surface area contributed by atoms with Crippen molar-refractivity contribution in [2.75, 3.05) is 25.3 Å².